The lowest BCUT2D eigenvalue weighted by Gasteiger charge is -2.15. The summed E-state index contributed by atoms with van der Waals surface area (Å²) in [6.45, 7) is 4.28. The molecule has 1 N–H and O–H groups in total. The Kier molecular flexibility index (Phi) is 12.0. The van der Waals surface area contributed by atoms with E-state index in [0.29, 0.717) is 52.0 Å². The summed E-state index contributed by atoms with van der Waals surface area (Å²) in [4.78, 5) is 31.7. The largest absolute Gasteiger partial charge is 0.488 e. The summed E-state index contributed by atoms with van der Waals surface area (Å²) in [5, 5.41) is 26.4. The van der Waals surface area contributed by atoms with Gasteiger partial charge in [0.25, 0.3) is 0 Å². The van der Waals surface area contributed by atoms with Crippen LogP contribution in [0.4, 0.5) is 0 Å². The molecule has 3 aromatic heterocycles. The lowest BCUT2D eigenvalue weighted by molar-refractivity contribution is 0.111. The number of hydrogen-bond donors (Lipinski definition) is 1. The van der Waals surface area contributed by atoms with Crippen LogP contribution in [-0.4, -0.2) is 32.7 Å². The number of pyridine rings is 2. The first-order chi connectivity index (χ1) is 26.7. The Morgan fingerprint density at radius 3 is 1.73 bits per heavy atom. The average Bonchev–Trinajstić information content (AvgIpc) is 3.58. The predicted molar refractivity (Wildman–Crippen MR) is 202 cm³/mol. The third-order valence-corrected chi connectivity index (χ3v) is 9.18. The number of ether oxygens (including phenoxy) is 4. The number of H-pyrrole nitrogens is 1. The third-order valence-electron chi connectivity index (χ3n) is 8.59. The van der Waals surface area contributed by atoms with E-state index in [1.54, 1.807) is 36.7 Å². The molecule has 55 heavy (non-hydrogen) atoms. The summed E-state index contributed by atoms with van der Waals surface area (Å²) >= 11 is 13.0. The normalized spacial score (nSPS) is 10.6. The number of aromatic amines is 1. The van der Waals surface area contributed by atoms with Crippen molar-refractivity contribution >= 4 is 35.8 Å². The smallest absolute Gasteiger partial charge is 0.153 e. The zero-order valence-corrected chi connectivity index (χ0v) is 30.9. The summed E-state index contributed by atoms with van der Waals surface area (Å²) in [6, 6.07) is 19.3. The molecule has 0 fully saturated rings. The number of nitrogens with one attached hydrogen (secondary N) is 1. The Bertz CT molecular complexity index is 2490. The van der Waals surface area contributed by atoms with E-state index in [2.05, 4.69) is 20.2 Å². The maximum atomic E-state index is 11.8. The minimum absolute atomic E-state index is 0.0673. The van der Waals surface area contributed by atoms with Crippen LogP contribution in [0.15, 0.2) is 79.4 Å². The summed E-state index contributed by atoms with van der Waals surface area (Å²) in [5.74, 6) is 1.15. The number of aldehydes is 2. The molecule has 14 heteroatoms. The molecular weight excluding hydrogens is 743 g/mol. The van der Waals surface area contributed by atoms with Crippen LogP contribution in [0.2, 0.25) is 10.0 Å². The predicted octanol–water partition coefficient (Wildman–Crippen LogP) is 8.47. The van der Waals surface area contributed by atoms with Crippen LogP contribution in [-0.2, 0) is 26.4 Å². The van der Waals surface area contributed by atoms with E-state index in [1.807, 2.05) is 44.2 Å². The molecule has 0 aliphatic heterocycles. The molecule has 0 radical (unpaired) electrons. The molecule has 274 valence electrons. The molecule has 0 saturated heterocycles. The average molecular weight is 774 g/mol. The quantitative estimate of drug-likeness (QED) is 0.0992. The number of benzene rings is 3. The van der Waals surface area contributed by atoms with Gasteiger partial charge in [-0.1, -0.05) is 41.4 Å². The lowest BCUT2D eigenvalue weighted by Crippen LogP contribution is -2.03. The van der Waals surface area contributed by atoms with Gasteiger partial charge >= 0.3 is 0 Å². The molecule has 0 amide bonds. The van der Waals surface area contributed by atoms with Crippen molar-refractivity contribution in [2.45, 2.75) is 40.3 Å². The number of nitriles is 2. The second kappa shape index (κ2) is 17.4. The van der Waals surface area contributed by atoms with Crippen LogP contribution in [0.25, 0.3) is 11.3 Å². The first kappa shape index (κ1) is 38.0. The highest BCUT2D eigenvalue weighted by Crippen LogP contribution is 2.36. The molecule has 0 atom stereocenters. The number of halogens is 2. The molecule has 0 spiro atoms. The van der Waals surface area contributed by atoms with Crippen molar-refractivity contribution in [3.63, 3.8) is 0 Å². The van der Waals surface area contributed by atoms with Gasteiger partial charge in [-0.25, -0.2) is 0 Å². The Balaban J connectivity index is 1.14. The van der Waals surface area contributed by atoms with Crippen molar-refractivity contribution in [1.82, 2.24) is 20.2 Å². The van der Waals surface area contributed by atoms with Crippen molar-refractivity contribution in [3.05, 3.63) is 145 Å². The number of carbonyl (C=O) groups is 2. The lowest BCUT2D eigenvalue weighted by atomic mass is 9.98. The monoisotopic (exact) mass is 772 g/mol. The summed E-state index contributed by atoms with van der Waals surface area (Å²) in [7, 11) is 0. The Morgan fingerprint density at radius 1 is 0.673 bits per heavy atom. The van der Waals surface area contributed by atoms with Crippen LogP contribution in [0.1, 0.15) is 65.4 Å². The number of rotatable bonds is 15. The van der Waals surface area contributed by atoms with Gasteiger partial charge in [0.2, 0.25) is 0 Å². The van der Waals surface area contributed by atoms with Crippen LogP contribution < -0.4 is 18.9 Å². The maximum absolute atomic E-state index is 11.8. The molecule has 3 heterocycles. The Hall–Kier alpha value is -6.73. The second-order valence-corrected chi connectivity index (χ2v) is 13.0. The molecule has 0 unspecified atom stereocenters. The summed E-state index contributed by atoms with van der Waals surface area (Å²) < 4.78 is 24.0. The fourth-order valence-corrected chi connectivity index (χ4v) is 6.04. The van der Waals surface area contributed by atoms with Gasteiger partial charge in [0.15, 0.2) is 12.6 Å². The number of hydrogen-bond acceptors (Lipinski definition) is 11. The second-order valence-electron chi connectivity index (χ2n) is 12.2. The van der Waals surface area contributed by atoms with Gasteiger partial charge in [-0.2, -0.15) is 15.6 Å². The first-order valence-corrected chi connectivity index (χ1v) is 17.4. The fourth-order valence-electron chi connectivity index (χ4n) is 5.58. The van der Waals surface area contributed by atoms with Crippen molar-refractivity contribution in [2.24, 2.45) is 0 Å². The summed E-state index contributed by atoms with van der Waals surface area (Å²) in [5.41, 5.74) is 7.60. The Morgan fingerprint density at radius 2 is 1.20 bits per heavy atom. The topological polar surface area (TPSA) is 173 Å². The highest BCUT2D eigenvalue weighted by Gasteiger charge is 2.18. The van der Waals surface area contributed by atoms with Gasteiger partial charge in [0.05, 0.1) is 38.0 Å². The number of carbonyl (C=O) groups excluding carboxylic acids is 2. The molecule has 3 aromatic carbocycles. The van der Waals surface area contributed by atoms with Crippen LogP contribution in [0.5, 0.6) is 23.0 Å². The molecule has 6 rings (SSSR count). The van der Waals surface area contributed by atoms with E-state index in [4.69, 9.17) is 52.7 Å². The zero-order valence-electron chi connectivity index (χ0n) is 29.4. The van der Waals surface area contributed by atoms with E-state index in [0.717, 1.165) is 27.9 Å². The fraction of sp³-hybridized carbons (Fsp3) is 0.146. The molecule has 12 nitrogen and oxygen atoms in total. The SMILES string of the molecule is Cc1c(COc2cc(OCc3cncc(C#N)c3)c(C=O)cc2Cl)cccc1-c1[nH]nc(COc2cc(OCc3cncc(C#N)c3)c(C=O)cc2Cl)c1C. The molecular formula is C41H30Cl2N6O6. The molecule has 0 bridgehead atoms. The highest BCUT2D eigenvalue weighted by molar-refractivity contribution is 6.32. The van der Waals surface area contributed by atoms with Gasteiger partial charge in [-0.3, -0.25) is 24.7 Å². The van der Waals surface area contributed by atoms with Crippen molar-refractivity contribution in [3.8, 4) is 46.4 Å². The van der Waals surface area contributed by atoms with E-state index in [1.165, 1.54) is 24.5 Å². The van der Waals surface area contributed by atoms with Gasteiger partial charge in [-0.15, -0.1) is 0 Å². The van der Waals surface area contributed by atoms with E-state index in [-0.39, 0.29) is 59.1 Å². The van der Waals surface area contributed by atoms with E-state index >= 15 is 0 Å². The van der Waals surface area contributed by atoms with Crippen molar-refractivity contribution in [2.75, 3.05) is 0 Å². The third kappa shape index (κ3) is 8.91. The molecule has 0 saturated carbocycles. The highest BCUT2D eigenvalue weighted by atomic mass is 35.5. The number of aromatic nitrogens is 4. The number of nitrogens with zero attached hydrogens (tertiary/aromatic N) is 5. The Labute approximate surface area is 325 Å². The van der Waals surface area contributed by atoms with Crippen LogP contribution in [0, 0.1) is 36.5 Å². The summed E-state index contributed by atoms with van der Waals surface area (Å²) in [6.07, 6.45) is 7.35. The zero-order chi connectivity index (χ0) is 38.9. The van der Waals surface area contributed by atoms with Gasteiger partial charge in [0.1, 0.15) is 67.3 Å². The van der Waals surface area contributed by atoms with Crippen LogP contribution in [0.3, 0.4) is 0 Å². The maximum Gasteiger partial charge on any atom is 0.153 e. The standard InChI is InChI=1S/C41H30Cl2N6O6/c1-24-30(22-54-39-10-37(31(18-50)8-34(39)42)52-20-28-6-26(12-44)14-46-16-28)4-3-5-33(24)41-25(2)36(48-49-41)23-55-40-11-38(32(19-51)9-35(40)43)53-21-29-7-27(13-45)15-47-17-29/h3-11,14-19H,20-23H2,1-2H3,(H,48,49). The molecule has 0 aliphatic carbocycles. The molecule has 6 aromatic rings. The van der Waals surface area contributed by atoms with Crippen molar-refractivity contribution in [1.29, 1.82) is 10.5 Å². The van der Waals surface area contributed by atoms with E-state index < -0.39 is 0 Å². The van der Waals surface area contributed by atoms with Gasteiger partial charge < -0.3 is 18.9 Å². The minimum atomic E-state index is 0.0673. The van der Waals surface area contributed by atoms with Crippen molar-refractivity contribution < 1.29 is 28.5 Å². The minimum Gasteiger partial charge on any atom is -0.488 e. The van der Waals surface area contributed by atoms with E-state index in [9.17, 15) is 9.59 Å². The molecule has 0 aliphatic rings. The van der Waals surface area contributed by atoms with Gasteiger partial charge in [-0.05, 0) is 49.2 Å². The van der Waals surface area contributed by atoms with Gasteiger partial charge in [0, 0.05) is 59.2 Å². The van der Waals surface area contributed by atoms with Crippen LogP contribution >= 0.6 is 23.2 Å². The first-order valence-electron chi connectivity index (χ1n) is 16.6.